The third kappa shape index (κ3) is 3.60. The molecule has 1 aliphatic carbocycles. The van der Waals surface area contributed by atoms with Crippen LogP contribution in [0.2, 0.25) is 0 Å². The molecule has 0 bridgehead atoms. The van der Waals surface area contributed by atoms with Gasteiger partial charge in [-0.25, -0.2) is 14.8 Å². The lowest BCUT2D eigenvalue weighted by Crippen LogP contribution is -2.42. The number of aromatic nitrogens is 3. The molecular formula is C21H22N4O3. The van der Waals surface area contributed by atoms with Crippen LogP contribution in [0.1, 0.15) is 41.7 Å². The van der Waals surface area contributed by atoms with Crippen LogP contribution in [0.3, 0.4) is 0 Å². The second-order valence-electron chi connectivity index (χ2n) is 7.23. The first-order valence-electron chi connectivity index (χ1n) is 9.49. The highest BCUT2D eigenvalue weighted by Gasteiger charge is 2.33. The van der Waals surface area contributed by atoms with Gasteiger partial charge in [-0.1, -0.05) is 30.3 Å². The van der Waals surface area contributed by atoms with E-state index in [1.807, 2.05) is 36.4 Å². The minimum atomic E-state index is -0.913. The molecule has 28 heavy (non-hydrogen) atoms. The van der Waals surface area contributed by atoms with Crippen LogP contribution in [0, 0.1) is 5.92 Å². The Morgan fingerprint density at radius 2 is 1.82 bits per heavy atom. The highest BCUT2D eigenvalue weighted by Crippen LogP contribution is 2.31. The van der Waals surface area contributed by atoms with Crippen molar-refractivity contribution in [3.63, 3.8) is 0 Å². The van der Waals surface area contributed by atoms with Gasteiger partial charge in [-0.15, -0.1) is 0 Å². The molecule has 0 atom stereocenters. The maximum atomic E-state index is 13.0. The molecule has 7 nitrogen and oxygen atoms in total. The molecule has 1 aliphatic rings. The van der Waals surface area contributed by atoms with Crippen molar-refractivity contribution in [1.29, 1.82) is 0 Å². The first-order chi connectivity index (χ1) is 13.6. The second-order valence-corrected chi connectivity index (χ2v) is 7.23. The standard InChI is InChI=1S/C21H22N4O3/c26-19(18-17-10-11-22-20(17)24-13-23-18)15-6-8-16(9-7-15)25(21(27)28)12-14-4-2-1-3-5-14/h1-5,10-11,13,15-16H,6-9,12H2,(H,27,28)(H,22,23,24)/t15-,16-. The summed E-state index contributed by atoms with van der Waals surface area (Å²) in [6, 6.07) is 11.4. The molecular weight excluding hydrogens is 356 g/mol. The number of ketones is 1. The van der Waals surface area contributed by atoms with Crippen LogP contribution in [0.4, 0.5) is 4.79 Å². The molecule has 4 rings (SSSR count). The van der Waals surface area contributed by atoms with Gasteiger partial charge in [0.25, 0.3) is 0 Å². The van der Waals surface area contributed by atoms with Crippen molar-refractivity contribution in [3.05, 3.63) is 60.2 Å². The Balaban J connectivity index is 1.44. The van der Waals surface area contributed by atoms with E-state index in [-0.39, 0.29) is 17.7 Å². The molecule has 1 fully saturated rings. The van der Waals surface area contributed by atoms with Crippen molar-refractivity contribution in [2.45, 2.75) is 38.3 Å². The maximum Gasteiger partial charge on any atom is 0.407 e. The minimum Gasteiger partial charge on any atom is -0.465 e. The summed E-state index contributed by atoms with van der Waals surface area (Å²) in [6.45, 7) is 0.370. The smallest absolute Gasteiger partial charge is 0.407 e. The van der Waals surface area contributed by atoms with Gasteiger partial charge in [-0.2, -0.15) is 0 Å². The van der Waals surface area contributed by atoms with E-state index in [0.717, 1.165) is 10.9 Å². The number of hydrogen-bond acceptors (Lipinski definition) is 4. The van der Waals surface area contributed by atoms with Crippen LogP contribution in [0.5, 0.6) is 0 Å². The first-order valence-corrected chi connectivity index (χ1v) is 9.49. The summed E-state index contributed by atoms with van der Waals surface area (Å²) < 4.78 is 0. The van der Waals surface area contributed by atoms with Crippen LogP contribution in [0.25, 0.3) is 11.0 Å². The van der Waals surface area contributed by atoms with Gasteiger partial charge >= 0.3 is 6.09 Å². The van der Waals surface area contributed by atoms with Crippen LogP contribution in [-0.2, 0) is 6.54 Å². The number of carboxylic acid groups (broad SMARTS) is 1. The molecule has 0 radical (unpaired) electrons. The molecule has 1 aromatic carbocycles. The number of nitrogens with zero attached hydrogens (tertiary/aromatic N) is 3. The van der Waals surface area contributed by atoms with E-state index in [1.54, 1.807) is 6.20 Å². The quantitative estimate of drug-likeness (QED) is 0.657. The summed E-state index contributed by atoms with van der Waals surface area (Å²) in [4.78, 5) is 37.6. The largest absolute Gasteiger partial charge is 0.465 e. The molecule has 2 aromatic heterocycles. The van der Waals surface area contributed by atoms with Crippen molar-refractivity contribution in [2.24, 2.45) is 5.92 Å². The molecule has 0 saturated heterocycles. The summed E-state index contributed by atoms with van der Waals surface area (Å²) in [5.74, 6) is -0.105. The second kappa shape index (κ2) is 7.80. The average Bonchev–Trinajstić information content (AvgIpc) is 3.21. The van der Waals surface area contributed by atoms with E-state index in [1.165, 1.54) is 11.2 Å². The summed E-state index contributed by atoms with van der Waals surface area (Å²) >= 11 is 0. The van der Waals surface area contributed by atoms with Gasteiger partial charge in [0, 0.05) is 30.1 Å². The number of Topliss-reactive ketones (excluding diaryl/α,β-unsaturated/α-hetero) is 1. The Morgan fingerprint density at radius 3 is 2.54 bits per heavy atom. The van der Waals surface area contributed by atoms with Crippen LogP contribution in [-0.4, -0.2) is 42.9 Å². The number of fused-ring (bicyclic) bond motifs is 1. The van der Waals surface area contributed by atoms with Gasteiger partial charge in [0.2, 0.25) is 0 Å². The maximum absolute atomic E-state index is 13.0. The minimum absolute atomic E-state index is 0.0235. The zero-order valence-electron chi connectivity index (χ0n) is 15.4. The van der Waals surface area contributed by atoms with E-state index in [0.29, 0.717) is 43.6 Å². The highest BCUT2D eigenvalue weighted by atomic mass is 16.4. The van der Waals surface area contributed by atoms with Crippen LogP contribution in [0.15, 0.2) is 48.9 Å². The molecule has 2 N–H and O–H groups in total. The zero-order valence-corrected chi connectivity index (χ0v) is 15.4. The molecule has 1 saturated carbocycles. The zero-order chi connectivity index (χ0) is 19.5. The van der Waals surface area contributed by atoms with Crippen molar-refractivity contribution in [3.8, 4) is 0 Å². The molecule has 3 aromatic rings. The number of aromatic amines is 1. The fourth-order valence-electron chi connectivity index (χ4n) is 4.04. The van der Waals surface area contributed by atoms with Crippen molar-refractivity contribution in [1.82, 2.24) is 19.9 Å². The SMILES string of the molecule is O=C(O)N(Cc1ccccc1)[C@H]1CC[C@H](C(=O)c2ncnc3[nH]ccc23)CC1. The van der Waals surface area contributed by atoms with E-state index in [9.17, 15) is 14.7 Å². The number of carbonyl (C=O) groups excluding carboxylic acids is 1. The predicted octanol–water partition coefficient (Wildman–Crippen LogP) is 3.88. The van der Waals surface area contributed by atoms with Crippen LogP contribution >= 0.6 is 0 Å². The van der Waals surface area contributed by atoms with E-state index < -0.39 is 6.09 Å². The predicted molar refractivity (Wildman–Crippen MR) is 104 cm³/mol. The molecule has 2 heterocycles. The van der Waals surface area contributed by atoms with Crippen molar-refractivity contribution >= 4 is 22.9 Å². The summed E-state index contributed by atoms with van der Waals surface area (Å²) in [7, 11) is 0. The normalized spacial score (nSPS) is 19.4. The molecule has 0 aliphatic heterocycles. The summed E-state index contributed by atoms with van der Waals surface area (Å²) in [5.41, 5.74) is 2.08. The van der Waals surface area contributed by atoms with Gasteiger partial charge < -0.3 is 15.0 Å². The fourth-order valence-corrected chi connectivity index (χ4v) is 4.04. The number of H-pyrrole nitrogens is 1. The average molecular weight is 378 g/mol. The topological polar surface area (TPSA) is 99.2 Å². The Morgan fingerprint density at radius 1 is 1.07 bits per heavy atom. The van der Waals surface area contributed by atoms with Gasteiger partial charge in [0.1, 0.15) is 17.7 Å². The number of carbonyl (C=O) groups is 2. The van der Waals surface area contributed by atoms with E-state index >= 15 is 0 Å². The third-order valence-corrected chi connectivity index (χ3v) is 5.54. The van der Waals surface area contributed by atoms with Crippen molar-refractivity contribution < 1.29 is 14.7 Å². The van der Waals surface area contributed by atoms with Crippen molar-refractivity contribution in [2.75, 3.05) is 0 Å². The van der Waals surface area contributed by atoms with Gasteiger partial charge in [-0.05, 0) is 37.3 Å². The number of benzene rings is 1. The lowest BCUT2D eigenvalue weighted by atomic mass is 9.81. The van der Waals surface area contributed by atoms with Gasteiger partial charge in [0.15, 0.2) is 5.78 Å². The lowest BCUT2D eigenvalue weighted by Gasteiger charge is -2.35. The highest BCUT2D eigenvalue weighted by molar-refractivity contribution is 6.06. The first kappa shape index (κ1) is 18.2. The third-order valence-electron chi connectivity index (χ3n) is 5.54. The number of hydrogen-bond donors (Lipinski definition) is 2. The number of rotatable bonds is 5. The Bertz CT molecular complexity index is 977. The summed E-state index contributed by atoms with van der Waals surface area (Å²) in [5, 5.41) is 10.4. The molecule has 0 unspecified atom stereocenters. The Labute approximate surface area is 162 Å². The molecule has 0 spiro atoms. The van der Waals surface area contributed by atoms with E-state index in [4.69, 9.17) is 0 Å². The van der Waals surface area contributed by atoms with Gasteiger partial charge in [0.05, 0.1) is 0 Å². The van der Waals surface area contributed by atoms with Gasteiger partial charge in [-0.3, -0.25) is 4.79 Å². The molecule has 7 heteroatoms. The molecule has 1 amide bonds. The lowest BCUT2D eigenvalue weighted by molar-refractivity contribution is 0.0791. The number of nitrogens with one attached hydrogen (secondary N) is 1. The molecule has 144 valence electrons. The Hall–Kier alpha value is -3.22. The Kier molecular flexibility index (Phi) is 5.06. The monoisotopic (exact) mass is 378 g/mol. The van der Waals surface area contributed by atoms with E-state index in [2.05, 4.69) is 15.0 Å². The summed E-state index contributed by atoms with van der Waals surface area (Å²) in [6.07, 6.45) is 4.93. The van der Waals surface area contributed by atoms with Crippen LogP contribution < -0.4 is 0 Å². The fraction of sp³-hybridized carbons (Fsp3) is 0.333. The number of amides is 1.